The number of hydrogen-bond acceptors (Lipinski definition) is 2. The van der Waals surface area contributed by atoms with Gasteiger partial charge in [-0.25, -0.2) is 8.78 Å². The van der Waals surface area contributed by atoms with Crippen molar-refractivity contribution in [2.45, 2.75) is 6.92 Å². The highest BCUT2D eigenvalue weighted by atomic mass is 79.9. The van der Waals surface area contributed by atoms with Crippen molar-refractivity contribution >= 4 is 49.1 Å². The van der Waals surface area contributed by atoms with Crippen molar-refractivity contribution in [2.75, 3.05) is 11.1 Å². The molecule has 0 bridgehead atoms. The fourth-order valence-corrected chi connectivity index (χ4v) is 3.35. The molecule has 0 atom stereocenters. The zero-order chi connectivity index (χ0) is 15.7. The Morgan fingerprint density at radius 1 is 1.10 bits per heavy atom. The lowest BCUT2D eigenvalue weighted by Gasteiger charge is -2.12. The number of nitrogen functional groups attached to an aromatic ring is 1. The third-order valence-corrected chi connectivity index (χ3v) is 4.01. The molecule has 0 spiro atoms. The van der Waals surface area contributed by atoms with Gasteiger partial charge in [-0.2, -0.15) is 0 Å². The van der Waals surface area contributed by atoms with Crippen molar-refractivity contribution in [3.05, 3.63) is 56.0 Å². The van der Waals surface area contributed by atoms with Gasteiger partial charge in [-0.05, 0) is 62.5 Å². The van der Waals surface area contributed by atoms with Gasteiger partial charge in [-0.3, -0.25) is 4.79 Å². The van der Waals surface area contributed by atoms with Crippen LogP contribution in [0.4, 0.5) is 20.2 Å². The van der Waals surface area contributed by atoms with Crippen LogP contribution in [0.5, 0.6) is 0 Å². The van der Waals surface area contributed by atoms with Crippen molar-refractivity contribution < 1.29 is 13.6 Å². The number of amides is 1. The lowest BCUT2D eigenvalue weighted by Crippen LogP contribution is -2.15. The molecule has 2 aromatic rings. The quantitative estimate of drug-likeness (QED) is 0.697. The summed E-state index contributed by atoms with van der Waals surface area (Å²) in [6.45, 7) is 1.89. The lowest BCUT2D eigenvalue weighted by atomic mass is 10.1. The topological polar surface area (TPSA) is 55.1 Å². The van der Waals surface area contributed by atoms with E-state index in [9.17, 15) is 13.6 Å². The number of carbonyl (C=O) groups is 1. The summed E-state index contributed by atoms with van der Waals surface area (Å²) in [6.07, 6.45) is 0. The number of halogens is 4. The zero-order valence-electron chi connectivity index (χ0n) is 10.8. The van der Waals surface area contributed by atoms with Crippen LogP contribution in [0.3, 0.4) is 0 Å². The minimum absolute atomic E-state index is 0.288. The molecule has 3 nitrogen and oxygen atoms in total. The molecule has 0 unspecified atom stereocenters. The van der Waals surface area contributed by atoms with Crippen molar-refractivity contribution in [1.29, 1.82) is 0 Å². The number of rotatable bonds is 2. The predicted molar refractivity (Wildman–Crippen MR) is 85.3 cm³/mol. The van der Waals surface area contributed by atoms with Crippen molar-refractivity contribution in [3.8, 4) is 0 Å². The number of benzene rings is 2. The van der Waals surface area contributed by atoms with Crippen LogP contribution in [0.15, 0.2) is 33.2 Å². The van der Waals surface area contributed by atoms with E-state index in [1.807, 2.05) is 6.92 Å². The highest BCUT2D eigenvalue weighted by Gasteiger charge is 2.17. The van der Waals surface area contributed by atoms with Crippen molar-refractivity contribution in [1.82, 2.24) is 0 Å². The van der Waals surface area contributed by atoms with Gasteiger partial charge in [-0.1, -0.05) is 0 Å². The van der Waals surface area contributed by atoms with Gasteiger partial charge < -0.3 is 11.1 Å². The van der Waals surface area contributed by atoms with Gasteiger partial charge in [0.25, 0.3) is 5.91 Å². The SMILES string of the molecule is Cc1cc(Br)c(NC(=O)c2cc(N)c(F)cc2F)c(Br)c1. The molecule has 0 saturated heterocycles. The molecule has 7 heteroatoms. The summed E-state index contributed by atoms with van der Waals surface area (Å²) in [4.78, 5) is 12.1. The molecule has 3 N–H and O–H groups in total. The maximum atomic E-state index is 13.7. The largest absolute Gasteiger partial charge is 0.396 e. The van der Waals surface area contributed by atoms with E-state index < -0.39 is 17.5 Å². The molecule has 1 amide bonds. The fourth-order valence-electron chi connectivity index (χ4n) is 1.74. The minimum Gasteiger partial charge on any atom is -0.396 e. The summed E-state index contributed by atoms with van der Waals surface area (Å²) in [5.41, 5.74) is 6.17. The van der Waals surface area contributed by atoms with Crippen LogP contribution >= 0.6 is 31.9 Å². The number of anilines is 2. The Morgan fingerprint density at radius 2 is 1.67 bits per heavy atom. The predicted octanol–water partition coefficient (Wildman–Crippen LogP) is 4.63. The highest BCUT2D eigenvalue weighted by Crippen LogP contribution is 2.33. The fraction of sp³-hybridized carbons (Fsp3) is 0.0714. The van der Waals surface area contributed by atoms with Gasteiger partial charge in [0.2, 0.25) is 0 Å². The van der Waals surface area contributed by atoms with Crippen LogP contribution in [0.2, 0.25) is 0 Å². The number of carbonyl (C=O) groups excluding carboxylic acids is 1. The van der Waals surface area contributed by atoms with Crippen LogP contribution in [0, 0.1) is 18.6 Å². The van der Waals surface area contributed by atoms with E-state index in [0.717, 1.165) is 11.6 Å². The van der Waals surface area contributed by atoms with Gasteiger partial charge in [0.05, 0.1) is 16.9 Å². The van der Waals surface area contributed by atoms with E-state index in [4.69, 9.17) is 5.73 Å². The molecule has 2 rings (SSSR count). The maximum Gasteiger partial charge on any atom is 0.258 e. The molecule has 2 aromatic carbocycles. The van der Waals surface area contributed by atoms with Crippen LogP contribution in [0.1, 0.15) is 15.9 Å². The monoisotopic (exact) mass is 418 g/mol. The maximum absolute atomic E-state index is 13.7. The van der Waals surface area contributed by atoms with Crippen LogP contribution in [-0.2, 0) is 0 Å². The first kappa shape index (κ1) is 15.9. The standard InChI is InChI=1S/C14H10Br2F2N2O/c1-6-2-8(15)13(9(16)3-6)20-14(21)7-4-12(19)11(18)5-10(7)17/h2-5H,19H2,1H3,(H,20,21). The summed E-state index contributed by atoms with van der Waals surface area (Å²) >= 11 is 6.64. The highest BCUT2D eigenvalue weighted by molar-refractivity contribution is 9.11. The summed E-state index contributed by atoms with van der Waals surface area (Å²) in [5, 5.41) is 2.56. The van der Waals surface area contributed by atoms with Gasteiger partial charge >= 0.3 is 0 Å². The van der Waals surface area contributed by atoms with Gasteiger partial charge in [-0.15, -0.1) is 0 Å². The Morgan fingerprint density at radius 3 is 2.24 bits per heavy atom. The molecule has 0 saturated carbocycles. The second kappa shape index (κ2) is 6.11. The number of nitrogens with one attached hydrogen (secondary N) is 1. The first-order chi connectivity index (χ1) is 9.79. The molecule has 21 heavy (non-hydrogen) atoms. The molecule has 0 fully saturated rings. The van der Waals surface area contributed by atoms with Crippen LogP contribution in [0.25, 0.3) is 0 Å². The minimum atomic E-state index is -0.974. The Bertz CT molecular complexity index is 712. The summed E-state index contributed by atoms with van der Waals surface area (Å²) in [6, 6.07) is 5.16. The Hall–Kier alpha value is -1.47. The van der Waals surface area contributed by atoms with Gasteiger partial charge in [0, 0.05) is 15.0 Å². The zero-order valence-corrected chi connectivity index (χ0v) is 14.0. The summed E-state index contributed by atoms with van der Waals surface area (Å²) in [5.74, 6) is -2.59. The molecular formula is C14H10Br2F2N2O. The Kier molecular flexibility index (Phi) is 4.63. The molecular weight excluding hydrogens is 410 g/mol. The lowest BCUT2D eigenvalue weighted by molar-refractivity contribution is 0.102. The molecule has 0 radical (unpaired) electrons. The third kappa shape index (κ3) is 3.41. The smallest absolute Gasteiger partial charge is 0.258 e. The van der Waals surface area contributed by atoms with E-state index in [-0.39, 0.29) is 11.3 Å². The molecule has 0 aromatic heterocycles. The number of nitrogens with two attached hydrogens (primary N) is 1. The van der Waals surface area contributed by atoms with Crippen molar-refractivity contribution in [2.24, 2.45) is 0 Å². The van der Waals surface area contributed by atoms with E-state index in [1.54, 1.807) is 12.1 Å². The Labute approximate surface area is 136 Å². The van der Waals surface area contributed by atoms with E-state index in [2.05, 4.69) is 37.2 Å². The van der Waals surface area contributed by atoms with Gasteiger partial charge in [0.15, 0.2) is 0 Å². The van der Waals surface area contributed by atoms with Crippen molar-refractivity contribution in [3.63, 3.8) is 0 Å². The third-order valence-electron chi connectivity index (χ3n) is 2.76. The van der Waals surface area contributed by atoms with Crippen LogP contribution < -0.4 is 11.1 Å². The molecule has 0 aliphatic heterocycles. The first-order valence-corrected chi connectivity index (χ1v) is 7.39. The molecule has 0 aliphatic rings. The second-order valence-corrected chi connectivity index (χ2v) is 6.12. The van der Waals surface area contributed by atoms with Crippen LogP contribution in [-0.4, -0.2) is 5.91 Å². The molecule has 0 heterocycles. The number of hydrogen-bond donors (Lipinski definition) is 2. The van der Waals surface area contributed by atoms with E-state index in [1.165, 1.54) is 0 Å². The normalized spacial score (nSPS) is 10.5. The summed E-state index contributed by atoms with van der Waals surface area (Å²) in [7, 11) is 0. The summed E-state index contributed by atoms with van der Waals surface area (Å²) < 4.78 is 28.1. The van der Waals surface area contributed by atoms with E-state index in [0.29, 0.717) is 20.7 Å². The average molecular weight is 420 g/mol. The average Bonchev–Trinajstić information content (AvgIpc) is 2.37. The van der Waals surface area contributed by atoms with Gasteiger partial charge in [0.1, 0.15) is 11.6 Å². The van der Waals surface area contributed by atoms with E-state index >= 15 is 0 Å². The Balaban J connectivity index is 2.37. The number of aryl methyl sites for hydroxylation is 1. The second-order valence-electron chi connectivity index (χ2n) is 4.41. The first-order valence-electron chi connectivity index (χ1n) is 5.81. The molecule has 110 valence electrons. The molecule has 0 aliphatic carbocycles.